The molecule has 0 aliphatic heterocycles. The van der Waals surface area contributed by atoms with Crippen LogP contribution in [0.4, 0.5) is 32.0 Å². The molecule has 0 amide bonds. The van der Waals surface area contributed by atoms with Crippen LogP contribution in [0.1, 0.15) is 31.2 Å². The van der Waals surface area contributed by atoms with Gasteiger partial charge in [0.1, 0.15) is 18.0 Å². The van der Waals surface area contributed by atoms with Gasteiger partial charge in [-0.15, -0.1) is 0 Å². The summed E-state index contributed by atoms with van der Waals surface area (Å²) in [7, 11) is 0. The summed E-state index contributed by atoms with van der Waals surface area (Å²) in [6.45, 7) is -0.412. The van der Waals surface area contributed by atoms with Crippen molar-refractivity contribution >= 4 is 16.5 Å². The number of pyridine rings is 1. The second-order valence-electron chi connectivity index (χ2n) is 10.1. The van der Waals surface area contributed by atoms with Crippen molar-refractivity contribution in [3.63, 3.8) is 0 Å². The van der Waals surface area contributed by atoms with Crippen LogP contribution in [0.5, 0.6) is 5.75 Å². The largest absolute Gasteiger partial charge is 0.488 e. The number of halogens is 6. The lowest BCUT2D eigenvalue weighted by Gasteiger charge is -2.31. The van der Waals surface area contributed by atoms with Gasteiger partial charge in [-0.1, -0.05) is 6.42 Å². The van der Waals surface area contributed by atoms with Gasteiger partial charge in [0, 0.05) is 24.2 Å². The molecule has 0 saturated heterocycles. The minimum atomic E-state index is -4.92. The van der Waals surface area contributed by atoms with E-state index in [-0.39, 0.29) is 43.7 Å². The maximum Gasteiger partial charge on any atom is 0.423 e. The zero-order chi connectivity index (χ0) is 30.9. The summed E-state index contributed by atoms with van der Waals surface area (Å²) in [5, 5.41) is 15.5. The van der Waals surface area contributed by atoms with E-state index in [2.05, 4.69) is 20.4 Å². The number of aliphatic hydroxyl groups excluding tert-OH is 1. The van der Waals surface area contributed by atoms with Gasteiger partial charge < -0.3 is 19.7 Å². The first-order chi connectivity index (χ1) is 20.5. The molecule has 1 saturated carbocycles. The van der Waals surface area contributed by atoms with Gasteiger partial charge in [-0.25, -0.2) is 28.2 Å². The lowest BCUT2D eigenvalue weighted by atomic mass is 9.85. The number of aromatic amines is 1. The molecule has 16 heteroatoms. The van der Waals surface area contributed by atoms with E-state index in [0.29, 0.717) is 19.3 Å². The normalized spacial score (nSPS) is 17.3. The molecular formula is C27H24F6N6O4. The van der Waals surface area contributed by atoms with Crippen molar-refractivity contribution in [2.75, 3.05) is 18.5 Å². The van der Waals surface area contributed by atoms with Crippen LogP contribution in [-0.2, 0) is 12.7 Å². The molecular weight excluding hydrogens is 586 g/mol. The van der Waals surface area contributed by atoms with E-state index in [1.54, 1.807) is 5.10 Å². The standard InChI is InChI=1S/C27H24F6N6O4/c28-18-12-39(11-13-2-1-3-14(6-13)37-19-10-36-38-25(41)21(19)27(31,32)33)26(42)20-16(18)7-17(22(29)23(20)30)24-34-8-15(9-35-24)43-5-4-40/h7-10,12-14,40H,1-6,11H2,(H2,37,38,41)/t13-,14+/m1/s1. The van der Waals surface area contributed by atoms with Crippen molar-refractivity contribution in [1.82, 2.24) is 24.7 Å². The number of H-pyrrole nitrogens is 1. The Kier molecular flexibility index (Phi) is 8.39. The molecule has 228 valence electrons. The zero-order valence-corrected chi connectivity index (χ0v) is 22.2. The maximum atomic E-state index is 15.3. The van der Waals surface area contributed by atoms with Gasteiger partial charge in [-0.05, 0) is 31.2 Å². The number of anilines is 1. The molecule has 2 atom stereocenters. The van der Waals surface area contributed by atoms with Gasteiger partial charge in [0.2, 0.25) is 0 Å². The van der Waals surface area contributed by atoms with Crippen molar-refractivity contribution in [3.8, 4) is 17.1 Å². The molecule has 3 aromatic heterocycles. The van der Waals surface area contributed by atoms with Gasteiger partial charge in [0.05, 0.1) is 41.8 Å². The Morgan fingerprint density at radius 2 is 1.84 bits per heavy atom. The SMILES string of the molecule is O=c1[nH]ncc(N[C@H]2CCC[C@@H](Cn3cc(F)c4cc(-c5ncc(OCCO)cn5)c(F)c(F)c4c3=O)C2)c1C(F)(F)F. The quantitative estimate of drug-likeness (QED) is 0.255. The van der Waals surface area contributed by atoms with Gasteiger partial charge in [-0.2, -0.15) is 18.3 Å². The fourth-order valence-electron chi connectivity index (χ4n) is 5.30. The molecule has 10 nitrogen and oxygen atoms in total. The van der Waals surface area contributed by atoms with E-state index in [9.17, 15) is 22.8 Å². The van der Waals surface area contributed by atoms with Gasteiger partial charge >= 0.3 is 6.18 Å². The van der Waals surface area contributed by atoms with E-state index in [1.165, 1.54) is 0 Å². The number of benzene rings is 1. The highest BCUT2D eigenvalue weighted by molar-refractivity contribution is 5.87. The molecule has 3 heterocycles. The molecule has 1 aliphatic rings. The Hall–Kier alpha value is -4.47. The van der Waals surface area contributed by atoms with Crippen LogP contribution >= 0.6 is 0 Å². The van der Waals surface area contributed by atoms with E-state index in [1.807, 2.05) is 0 Å². The third kappa shape index (κ3) is 6.18. The predicted octanol–water partition coefficient (Wildman–Crippen LogP) is 4.02. The molecule has 0 spiro atoms. The van der Waals surface area contributed by atoms with Crippen LogP contribution in [0.25, 0.3) is 22.2 Å². The Labute approximate surface area is 238 Å². The molecule has 1 aromatic carbocycles. The van der Waals surface area contributed by atoms with Crippen molar-refractivity contribution in [1.29, 1.82) is 0 Å². The average molecular weight is 611 g/mol. The molecule has 0 bridgehead atoms. The van der Waals surface area contributed by atoms with E-state index in [0.717, 1.165) is 35.4 Å². The summed E-state index contributed by atoms with van der Waals surface area (Å²) in [6.07, 6.45) is 0.933. The van der Waals surface area contributed by atoms with Crippen LogP contribution < -0.4 is 21.2 Å². The Morgan fingerprint density at radius 3 is 2.53 bits per heavy atom. The molecule has 43 heavy (non-hydrogen) atoms. The molecule has 1 aliphatic carbocycles. The summed E-state index contributed by atoms with van der Waals surface area (Å²) >= 11 is 0. The summed E-state index contributed by atoms with van der Waals surface area (Å²) < 4.78 is 92.0. The molecule has 0 radical (unpaired) electrons. The highest BCUT2D eigenvalue weighted by Crippen LogP contribution is 2.34. The maximum absolute atomic E-state index is 15.3. The summed E-state index contributed by atoms with van der Waals surface area (Å²) in [5.74, 6) is -4.52. The average Bonchev–Trinajstić information content (AvgIpc) is 2.96. The van der Waals surface area contributed by atoms with Crippen LogP contribution in [0.3, 0.4) is 0 Å². The number of ether oxygens (including phenoxy) is 1. The molecule has 5 rings (SSSR count). The molecule has 1 fully saturated rings. The number of alkyl halides is 3. The molecule has 0 unspecified atom stereocenters. The van der Waals surface area contributed by atoms with Crippen molar-refractivity contribution in [2.45, 2.75) is 44.4 Å². The second-order valence-corrected chi connectivity index (χ2v) is 10.1. The summed E-state index contributed by atoms with van der Waals surface area (Å²) in [6, 6.07) is 0.411. The number of rotatable bonds is 8. The second kappa shape index (κ2) is 12.0. The number of hydrogen-bond acceptors (Lipinski definition) is 8. The minimum absolute atomic E-state index is 0.0399. The number of aromatic nitrogens is 5. The Bertz CT molecular complexity index is 1760. The number of nitrogens with zero attached hydrogens (tertiary/aromatic N) is 4. The number of aliphatic hydroxyl groups is 1. The summed E-state index contributed by atoms with van der Waals surface area (Å²) in [4.78, 5) is 32.8. The van der Waals surface area contributed by atoms with Crippen LogP contribution in [0, 0.1) is 23.4 Å². The highest BCUT2D eigenvalue weighted by atomic mass is 19.4. The minimum Gasteiger partial charge on any atom is -0.488 e. The van der Waals surface area contributed by atoms with Crippen LogP contribution in [0.2, 0.25) is 0 Å². The van der Waals surface area contributed by atoms with Crippen molar-refractivity contribution in [3.05, 3.63) is 74.6 Å². The van der Waals surface area contributed by atoms with Crippen molar-refractivity contribution < 1.29 is 36.2 Å². The van der Waals surface area contributed by atoms with Crippen LogP contribution in [-0.4, -0.2) is 49.1 Å². The summed E-state index contributed by atoms with van der Waals surface area (Å²) in [5.41, 5.74) is -4.76. The van der Waals surface area contributed by atoms with Gasteiger partial charge in [0.15, 0.2) is 23.2 Å². The molecule has 3 N–H and O–H groups in total. The van der Waals surface area contributed by atoms with Gasteiger partial charge in [0.25, 0.3) is 11.1 Å². The van der Waals surface area contributed by atoms with E-state index in [4.69, 9.17) is 9.84 Å². The zero-order valence-electron chi connectivity index (χ0n) is 22.2. The fraction of sp³-hybridized carbons (Fsp3) is 0.370. The monoisotopic (exact) mass is 610 g/mol. The Balaban J connectivity index is 1.40. The van der Waals surface area contributed by atoms with E-state index >= 15 is 13.2 Å². The number of nitrogens with one attached hydrogen (secondary N) is 2. The van der Waals surface area contributed by atoms with Crippen LogP contribution in [0.15, 0.2) is 40.4 Å². The third-order valence-electron chi connectivity index (χ3n) is 7.17. The van der Waals surface area contributed by atoms with Gasteiger partial charge in [-0.3, -0.25) is 9.59 Å². The molecule has 4 aromatic rings. The highest BCUT2D eigenvalue weighted by Gasteiger charge is 2.38. The van der Waals surface area contributed by atoms with Crippen molar-refractivity contribution in [2.24, 2.45) is 5.92 Å². The smallest absolute Gasteiger partial charge is 0.423 e. The third-order valence-corrected chi connectivity index (χ3v) is 7.17. The number of hydrogen-bond donors (Lipinski definition) is 3. The first-order valence-corrected chi connectivity index (χ1v) is 13.2. The lowest BCUT2D eigenvalue weighted by molar-refractivity contribution is -0.138. The fourth-order valence-corrected chi connectivity index (χ4v) is 5.30. The first kappa shape index (κ1) is 30.0. The predicted molar refractivity (Wildman–Crippen MR) is 141 cm³/mol. The Morgan fingerprint density at radius 1 is 1.09 bits per heavy atom. The first-order valence-electron chi connectivity index (χ1n) is 13.2. The number of fused-ring (bicyclic) bond motifs is 1. The topological polar surface area (TPSA) is 135 Å². The lowest BCUT2D eigenvalue weighted by Crippen LogP contribution is -2.34. The van der Waals surface area contributed by atoms with E-state index < -0.39 is 68.4 Å².